The number of benzene rings is 1. The Hall–Kier alpha value is -1.92. The number of rotatable bonds is 5. The zero-order chi connectivity index (χ0) is 17.0. The van der Waals surface area contributed by atoms with Gasteiger partial charge in [0.05, 0.1) is 6.04 Å². The molecule has 2 aromatic rings. The molecule has 1 unspecified atom stereocenters. The fourth-order valence-corrected chi connectivity index (χ4v) is 2.93. The minimum absolute atomic E-state index is 0.140. The summed E-state index contributed by atoms with van der Waals surface area (Å²) in [5.74, 6) is -0.140. The maximum atomic E-state index is 12.1. The zero-order valence-corrected chi connectivity index (χ0v) is 14.5. The van der Waals surface area contributed by atoms with E-state index in [0.717, 1.165) is 5.56 Å². The van der Waals surface area contributed by atoms with Gasteiger partial charge in [0.25, 0.3) is 5.56 Å². The van der Waals surface area contributed by atoms with Crippen molar-refractivity contribution in [3.05, 3.63) is 61.2 Å². The molecule has 0 spiro atoms. The molecule has 0 saturated carbocycles. The molecule has 1 aromatic carbocycles. The molecule has 1 aromatic heterocycles. The Morgan fingerprint density at radius 2 is 2.04 bits per heavy atom. The maximum absolute atomic E-state index is 12.1. The van der Waals surface area contributed by atoms with Crippen LogP contribution >= 0.6 is 23.8 Å². The van der Waals surface area contributed by atoms with Crippen molar-refractivity contribution in [1.29, 1.82) is 0 Å². The van der Waals surface area contributed by atoms with Gasteiger partial charge in [-0.3, -0.25) is 14.6 Å². The highest BCUT2D eigenvalue weighted by Gasteiger charge is 2.13. The Morgan fingerprint density at radius 1 is 1.35 bits per heavy atom. The van der Waals surface area contributed by atoms with Gasteiger partial charge in [0, 0.05) is 22.7 Å². The maximum Gasteiger partial charge on any atom is 0.255 e. The van der Waals surface area contributed by atoms with Crippen molar-refractivity contribution in [2.75, 3.05) is 0 Å². The number of amides is 1. The predicted molar refractivity (Wildman–Crippen MR) is 93.3 cm³/mol. The number of hydrogen-bond acceptors (Lipinski definition) is 3. The van der Waals surface area contributed by atoms with Crippen LogP contribution in [0.5, 0.6) is 0 Å². The van der Waals surface area contributed by atoms with Gasteiger partial charge in [0.15, 0.2) is 4.77 Å². The molecule has 0 fully saturated rings. The molecule has 1 heterocycles. The number of carbonyl (C=O) groups is 1. The van der Waals surface area contributed by atoms with Gasteiger partial charge in [-0.15, -0.1) is 0 Å². The van der Waals surface area contributed by atoms with Crippen LogP contribution in [0.15, 0.2) is 29.1 Å². The van der Waals surface area contributed by atoms with Gasteiger partial charge in [0.1, 0.15) is 0 Å². The second-order valence-corrected chi connectivity index (χ2v) is 6.14. The van der Waals surface area contributed by atoms with Crippen LogP contribution in [0.4, 0.5) is 0 Å². The molecule has 1 amide bonds. The lowest BCUT2D eigenvalue weighted by atomic mass is 10.1. The topological polar surface area (TPSA) is 77.8 Å². The zero-order valence-electron chi connectivity index (χ0n) is 12.9. The number of aromatic amines is 2. The molecule has 3 N–H and O–H groups in total. The second kappa shape index (κ2) is 7.57. The van der Waals surface area contributed by atoms with Crippen LogP contribution in [0.1, 0.15) is 36.2 Å². The van der Waals surface area contributed by atoms with Crippen LogP contribution in [0.3, 0.4) is 0 Å². The summed E-state index contributed by atoms with van der Waals surface area (Å²) in [6, 6.07) is 7.18. The molecule has 23 heavy (non-hydrogen) atoms. The van der Waals surface area contributed by atoms with Gasteiger partial charge >= 0.3 is 0 Å². The summed E-state index contributed by atoms with van der Waals surface area (Å²) in [7, 11) is 0. The number of halogens is 1. The number of hydrogen-bond donors (Lipinski definition) is 3. The molecule has 0 aliphatic rings. The number of carbonyl (C=O) groups excluding carboxylic acids is 1. The smallest absolute Gasteiger partial charge is 0.255 e. The van der Waals surface area contributed by atoms with Crippen molar-refractivity contribution in [1.82, 2.24) is 15.3 Å². The molecular formula is C16H18ClN3O2S. The van der Waals surface area contributed by atoms with Crippen molar-refractivity contribution < 1.29 is 4.79 Å². The second-order valence-electron chi connectivity index (χ2n) is 5.32. The Morgan fingerprint density at radius 3 is 2.70 bits per heavy atom. The third kappa shape index (κ3) is 4.53. The third-order valence-corrected chi connectivity index (χ3v) is 4.15. The Balaban J connectivity index is 2.00. The summed E-state index contributed by atoms with van der Waals surface area (Å²) in [4.78, 5) is 29.4. The van der Waals surface area contributed by atoms with Gasteiger partial charge < -0.3 is 10.3 Å². The summed E-state index contributed by atoms with van der Waals surface area (Å²) in [5, 5.41) is 3.51. The van der Waals surface area contributed by atoms with E-state index in [1.54, 1.807) is 13.0 Å². The van der Waals surface area contributed by atoms with Crippen LogP contribution in [-0.2, 0) is 11.2 Å². The molecule has 5 nitrogen and oxygen atoms in total. The van der Waals surface area contributed by atoms with Crippen molar-refractivity contribution in [2.45, 2.75) is 32.7 Å². The van der Waals surface area contributed by atoms with E-state index in [1.165, 1.54) is 0 Å². The fourth-order valence-electron chi connectivity index (χ4n) is 2.38. The number of nitrogens with one attached hydrogen (secondary N) is 3. The lowest BCUT2D eigenvalue weighted by Crippen LogP contribution is -2.28. The highest BCUT2D eigenvalue weighted by Crippen LogP contribution is 2.22. The molecule has 0 saturated heterocycles. The third-order valence-electron chi connectivity index (χ3n) is 3.61. The highest BCUT2D eigenvalue weighted by molar-refractivity contribution is 7.71. The van der Waals surface area contributed by atoms with Crippen molar-refractivity contribution >= 4 is 29.7 Å². The predicted octanol–water partition coefficient (Wildman–Crippen LogP) is 3.20. The molecule has 0 radical (unpaired) electrons. The molecule has 1 atom stereocenters. The lowest BCUT2D eigenvalue weighted by molar-refractivity contribution is -0.121. The number of aryl methyl sites for hydroxylation is 1. The average Bonchev–Trinajstić information content (AvgIpc) is 2.46. The first-order chi connectivity index (χ1) is 10.9. The van der Waals surface area contributed by atoms with Gasteiger partial charge in [-0.2, -0.15) is 0 Å². The standard InChI is InChI=1S/C16H18ClN3O2S/c1-9(11-5-3-4-6-13(11)17)18-14(21)8-7-12-10(2)19-16(23)20-15(12)22/h3-6,9H,7-8H2,1-2H3,(H,18,21)(H2,19,20,22,23). The number of H-pyrrole nitrogens is 2. The van der Waals surface area contributed by atoms with Crippen molar-refractivity contribution in [2.24, 2.45) is 0 Å². The van der Waals surface area contributed by atoms with Gasteiger partial charge in [0.2, 0.25) is 5.91 Å². The molecule has 122 valence electrons. The molecule has 7 heteroatoms. The molecule has 0 aliphatic carbocycles. The summed E-state index contributed by atoms with van der Waals surface area (Å²) in [6.45, 7) is 3.64. The SMILES string of the molecule is Cc1[nH]c(=S)[nH]c(=O)c1CCC(=O)NC(C)c1ccccc1Cl. The Labute approximate surface area is 144 Å². The first-order valence-electron chi connectivity index (χ1n) is 7.24. The van der Waals surface area contributed by atoms with Gasteiger partial charge in [-0.05, 0) is 44.1 Å². The number of aromatic nitrogens is 2. The summed E-state index contributed by atoms with van der Waals surface area (Å²) in [5.41, 5.74) is 1.84. The quantitative estimate of drug-likeness (QED) is 0.724. The summed E-state index contributed by atoms with van der Waals surface area (Å²) < 4.78 is 0.285. The van der Waals surface area contributed by atoms with Crippen molar-refractivity contribution in [3.8, 4) is 0 Å². The minimum atomic E-state index is -0.252. The molecule has 0 bridgehead atoms. The van der Waals surface area contributed by atoms with Crippen LogP contribution in [0.25, 0.3) is 0 Å². The van der Waals surface area contributed by atoms with Crippen LogP contribution in [0.2, 0.25) is 5.02 Å². The summed E-state index contributed by atoms with van der Waals surface area (Å²) in [6.07, 6.45) is 0.553. The van der Waals surface area contributed by atoms with Crippen LogP contribution in [-0.4, -0.2) is 15.9 Å². The Bertz CT molecular complexity index is 829. The van der Waals surface area contributed by atoms with Crippen molar-refractivity contribution in [3.63, 3.8) is 0 Å². The average molecular weight is 352 g/mol. The van der Waals surface area contributed by atoms with E-state index in [1.807, 2.05) is 25.1 Å². The first kappa shape index (κ1) is 17.4. The van der Waals surface area contributed by atoms with E-state index in [2.05, 4.69) is 15.3 Å². The fraction of sp³-hybridized carbons (Fsp3) is 0.312. The monoisotopic (exact) mass is 351 g/mol. The lowest BCUT2D eigenvalue weighted by Gasteiger charge is -2.15. The van der Waals surface area contributed by atoms with Crippen LogP contribution in [0, 0.1) is 11.7 Å². The molecular weight excluding hydrogens is 334 g/mol. The van der Waals surface area contributed by atoms with E-state index >= 15 is 0 Å². The van der Waals surface area contributed by atoms with Crippen LogP contribution < -0.4 is 10.9 Å². The minimum Gasteiger partial charge on any atom is -0.350 e. The first-order valence-corrected chi connectivity index (χ1v) is 8.03. The van der Waals surface area contributed by atoms with E-state index in [4.69, 9.17) is 23.8 Å². The largest absolute Gasteiger partial charge is 0.350 e. The summed E-state index contributed by atoms with van der Waals surface area (Å²) >= 11 is 11.0. The normalized spacial score (nSPS) is 12.0. The van der Waals surface area contributed by atoms with Gasteiger partial charge in [-0.25, -0.2) is 0 Å². The van der Waals surface area contributed by atoms with E-state index in [0.29, 0.717) is 22.7 Å². The molecule has 2 rings (SSSR count). The van der Waals surface area contributed by atoms with Gasteiger partial charge in [-0.1, -0.05) is 29.8 Å². The molecule has 0 aliphatic heterocycles. The Kier molecular flexibility index (Phi) is 5.74. The van der Waals surface area contributed by atoms with E-state index in [9.17, 15) is 9.59 Å². The van der Waals surface area contributed by atoms with E-state index < -0.39 is 0 Å². The van der Waals surface area contributed by atoms with E-state index in [-0.39, 0.29) is 28.7 Å². The highest BCUT2D eigenvalue weighted by atomic mass is 35.5.